The van der Waals surface area contributed by atoms with Gasteiger partial charge < -0.3 is 15.2 Å². The molecule has 130 valence electrons. The van der Waals surface area contributed by atoms with Crippen LogP contribution in [0.2, 0.25) is 0 Å². The lowest BCUT2D eigenvalue weighted by Gasteiger charge is -2.20. The Bertz CT molecular complexity index is 677. The van der Waals surface area contributed by atoms with Crippen LogP contribution >= 0.6 is 0 Å². The lowest BCUT2D eigenvalue weighted by atomic mass is 10.0. The summed E-state index contributed by atoms with van der Waals surface area (Å²) in [5, 5.41) is 20.1. The van der Waals surface area contributed by atoms with E-state index in [4.69, 9.17) is 4.74 Å². The van der Waals surface area contributed by atoms with Gasteiger partial charge in [0.2, 0.25) is 0 Å². The molecule has 5 nitrogen and oxygen atoms in total. The lowest BCUT2D eigenvalue weighted by molar-refractivity contribution is -0.137. The van der Waals surface area contributed by atoms with Gasteiger partial charge in [-0.2, -0.15) is 18.3 Å². The molecule has 1 aliphatic rings. The Morgan fingerprint density at radius 3 is 2.67 bits per heavy atom. The zero-order valence-electron chi connectivity index (χ0n) is 12.9. The molecule has 1 atom stereocenters. The number of benzene rings is 1. The van der Waals surface area contributed by atoms with E-state index >= 15 is 0 Å². The summed E-state index contributed by atoms with van der Waals surface area (Å²) in [6.07, 6.45) is -2.15. The number of aliphatic hydroxyl groups is 1. The smallest absolute Gasteiger partial charge is 0.386 e. The third-order valence-corrected chi connectivity index (χ3v) is 4.07. The molecule has 1 fully saturated rings. The molecule has 8 heteroatoms. The number of hydrogen-bond acceptors (Lipinski definition) is 4. The number of hydrogen-bond donors (Lipinski definition) is 3. The SMILES string of the molecule is OC1(CNCc2cn[nH]c2-c2ccc(C(F)(F)F)cc2)CCOC1. The molecule has 0 spiro atoms. The van der Waals surface area contributed by atoms with Crippen LogP contribution < -0.4 is 5.32 Å². The molecular weight excluding hydrogens is 323 g/mol. The number of rotatable bonds is 5. The minimum absolute atomic E-state index is 0.303. The fourth-order valence-electron chi connectivity index (χ4n) is 2.69. The zero-order chi connectivity index (χ0) is 17.2. The average Bonchev–Trinajstić information content (AvgIpc) is 3.16. The normalized spacial score (nSPS) is 21.3. The van der Waals surface area contributed by atoms with Gasteiger partial charge in [-0.25, -0.2) is 0 Å². The second-order valence-corrected chi connectivity index (χ2v) is 5.98. The number of H-pyrrole nitrogens is 1. The van der Waals surface area contributed by atoms with Gasteiger partial charge in [-0.1, -0.05) is 12.1 Å². The topological polar surface area (TPSA) is 70.2 Å². The molecule has 0 radical (unpaired) electrons. The Kier molecular flexibility index (Phi) is 4.62. The summed E-state index contributed by atoms with van der Waals surface area (Å²) < 4.78 is 43.1. The monoisotopic (exact) mass is 341 g/mol. The first kappa shape index (κ1) is 16.9. The van der Waals surface area contributed by atoms with Crippen molar-refractivity contribution in [2.45, 2.75) is 24.7 Å². The third-order valence-electron chi connectivity index (χ3n) is 4.07. The molecule has 3 N–H and O–H groups in total. The van der Waals surface area contributed by atoms with Crippen LogP contribution in [0.4, 0.5) is 13.2 Å². The Morgan fingerprint density at radius 1 is 1.29 bits per heavy atom. The first-order chi connectivity index (χ1) is 11.4. The molecular formula is C16H18F3N3O2. The summed E-state index contributed by atoms with van der Waals surface area (Å²) in [6, 6.07) is 4.92. The van der Waals surface area contributed by atoms with Gasteiger partial charge >= 0.3 is 6.18 Å². The molecule has 0 saturated carbocycles. The first-order valence-corrected chi connectivity index (χ1v) is 7.58. The zero-order valence-corrected chi connectivity index (χ0v) is 12.9. The van der Waals surface area contributed by atoms with Gasteiger partial charge in [0.1, 0.15) is 5.60 Å². The summed E-state index contributed by atoms with van der Waals surface area (Å²) in [5.41, 5.74) is 0.551. The van der Waals surface area contributed by atoms with Gasteiger partial charge in [0.15, 0.2) is 0 Å². The second kappa shape index (κ2) is 6.54. The summed E-state index contributed by atoms with van der Waals surface area (Å²) in [7, 11) is 0. The lowest BCUT2D eigenvalue weighted by Crippen LogP contribution is -2.40. The number of ether oxygens (including phenoxy) is 1. The number of alkyl halides is 3. The van der Waals surface area contributed by atoms with Crippen LogP contribution in [-0.4, -0.2) is 40.7 Å². The molecule has 1 saturated heterocycles. The van der Waals surface area contributed by atoms with Gasteiger partial charge in [-0.15, -0.1) is 0 Å². The molecule has 24 heavy (non-hydrogen) atoms. The maximum atomic E-state index is 12.6. The minimum Gasteiger partial charge on any atom is -0.386 e. The highest BCUT2D eigenvalue weighted by atomic mass is 19.4. The van der Waals surface area contributed by atoms with E-state index in [2.05, 4.69) is 15.5 Å². The highest BCUT2D eigenvalue weighted by molar-refractivity contribution is 5.63. The third kappa shape index (κ3) is 3.77. The maximum Gasteiger partial charge on any atom is 0.416 e. The predicted molar refractivity (Wildman–Crippen MR) is 81.1 cm³/mol. The van der Waals surface area contributed by atoms with Gasteiger partial charge in [0.05, 0.1) is 24.1 Å². The predicted octanol–water partition coefficient (Wildman–Crippen LogP) is 2.34. The van der Waals surface area contributed by atoms with Crippen LogP contribution in [-0.2, 0) is 17.5 Å². The first-order valence-electron chi connectivity index (χ1n) is 7.58. The molecule has 1 aromatic heterocycles. The van der Waals surface area contributed by atoms with Crippen LogP contribution in [0, 0.1) is 0 Å². The van der Waals surface area contributed by atoms with Crippen LogP contribution in [0.1, 0.15) is 17.5 Å². The quantitative estimate of drug-likeness (QED) is 0.781. The Morgan fingerprint density at radius 2 is 2.04 bits per heavy atom. The van der Waals surface area contributed by atoms with E-state index < -0.39 is 17.3 Å². The number of nitrogens with zero attached hydrogens (tertiary/aromatic N) is 1. The fraction of sp³-hybridized carbons (Fsp3) is 0.438. The van der Waals surface area contributed by atoms with E-state index in [0.29, 0.717) is 44.0 Å². The molecule has 3 rings (SSSR count). The van der Waals surface area contributed by atoms with Crippen LogP contribution in [0.3, 0.4) is 0 Å². The van der Waals surface area contributed by atoms with E-state index in [-0.39, 0.29) is 0 Å². The largest absolute Gasteiger partial charge is 0.416 e. The van der Waals surface area contributed by atoms with Crippen molar-refractivity contribution in [2.75, 3.05) is 19.8 Å². The van der Waals surface area contributed by atoms with Gasteiger partial charge in [-0.3, -0.25) is 5.10 Å². The van der Waals surface area contributed by atoms with E-state index in [9.17, 15) is 18.3 Å². The van der Waals surface area contributed by atoms with Crippen molar-refractivity contribution < 1.29 is 23.0 Å². The van der Waals surface area contributed by atoms with Gasteiger partial charge in [-0.05, 0) is 17.7 Å². The Balaban J connectivity index is 1.66. The number of aromatic amines is 1. The molecule has 1 aromatic carbocycles. The van der Waals surface area contributed by atoms with Crippen molar-refractivity contribution in [3.05, 3.63) is 41.6 Å². The Hall–Kier alpha value is -1.90. The van der Waals surface area contributed by atoms with Crippen LogP contribution in [0.15, 0.2) is 30.5 Å². The molecule has 0 aliphatic carbocycles. The molecule has 2 heterocycles. The summed E-state index contributed by atoms with van der Waals surface area (Å²) in [5.74, 6) is 0. The fourth-order valence-corrected chi connectivity index (χ4v) is 2.69. The van der Waals surface area contributed by atoms with E-state index in [1.165, 1.54) is 12.1 Å². The minimum atomic E-state index is -4.35. The van der Waals surface area contributed by atoms with E-state index in [1.54, 1.807) is 6.20 Å². The van der Waals surface area contributed by atoms with E-state index in [1.807, 2.05) is 0 Å². The highest BCUT2D eigenvalue weighted by Crippen LogP contribution is 2.31. The Labute approximate surface area is 136 Å². The number of halogens is 3. The molecule has 0 amide bonds. The highest BCUT2D eigenvalue weighted by Gasteiger charge is 2.32. The van der Waals surface area contributed by atoms with Crippen LogP contribution in [0.5, 0.6) is 0 Å². The standard InChI is InChI=1S/C16H18F3N3O2/c17-16(18,19)13-3-1-11(2-4-13)14-12(8-21-22-14)7-20-9-15(23)5-6-24-10-15/h1-4,8,20,23H,5-7,9-10H2,(H,21,22). The second-order valence-electron chi connectivity index (χ2n) is 5.98. The summed E-state index contributed by atoms with van der Waals surface area (Å²) in [6.45, 7) is 1.66. The van der Waals surface area contributed by atoms with Crippen molar-refractivity contribution in [2.24, 2.45) is 0 Å². The molecule has 1 aliphatic heterocycles. The molecule has 1 unspecified atom stereocenters. The average molecular weight is 341 g/mol. The van der Waals surface area contributed by atoms with Gasteiger partial charge in [0, 0.05) is 31.7 Å². The van der Waals surface area contributed by atoms with Crippen molar-refractivity contribution in [3.63, 3.8) is 0 Å². The van der Waals surface area contributed by atoms with Crippen LogP contribution in [0.25, 0.3) is 11.3 Å². The van der Waals surface area contributed by atoms with Crippen molar-refractivity contribution in [1.82, 2.24) is 15.5 Å². The maximum absolute atomic E-state index is 12.6. The number of nitrogens with one attached hydrogen (secondary N) is 2. The molecule has 2 aromatic rings. The van der Waals surface area contributed by atoms with Crippen molar-refractivity contribution in [3.8, 4) is 11.3 Å². The van der Waals surface area contributed by atoms with E-state index in [0.717, 1.165) is 17.7 Å². The summed E-state index contributed by atoms with van der Waals surface area (Å²) in [4.78, 5) is 0. The van der Waals surface area contributed by atoms with Gasteiger partial charge in [0.25, 0.3) is 0 Å². The molecule has 0 bridgehead atoms. The summed E-state index contributed by atoms with van der Waals surface area (Å²) >= 11 is 0. The van der Waals surface area contributed by atoms with Crippen molar-refractivity contribution >= 4 is 0 Å². The van der Waals surface area contributed by atoms with Crippen molar-refractivity contribution in [1.29, 1.82) is 0 Å². The number of aromatic nitrogens is 2.